The topological polar surface area (TPSA) is 72.7 Å². The molecule has 0 aliphatic carbocycles. The normalized spacial score (nSPS) is 19.0. The number of esters is 1. The van der Waals surface area contributed by atoms with Crippen LogP contribution >= 0.6 is 24.0 Å². The summed E-state index contributed by atoms with van der Waals surface area (Å²) in [5, 5.41) is 10.8. The fraction of sp³-hybridized carbons (Fsp3) is 0.182. The van der Waals surface area contributed by atoms with E-state index in [0.717, 1.165) is 16.0 Å². The van der Waals surface area contributed by atoms with E-state index in [1.807, 2.05) is 42.2 Å². The Kier molecular flexibility index (Phi) is 5.69. The van der Waals surface area contributed by atoms with E-state index in [0.29, 0.717) is 22.7 Å². The molecule has 152 valence electrons. The predicted molar refractivity (Wildman–Crippen MR) is 120 cm³/mol. The van der Waals surface area contributed by atoms with Crippen molar-refractivity contribution in [2.24, 2.45) is 0 Å². The van der Waals surface area contributed by atoms with Crippen molar-refractivity contribution in [2.45, 2.75) is 25.3 Å². The highest BCUT2D eigenvalue weighted by molar-refractivity contribution is 8.04. The van der Waals surface area contributed by atoms with Gasteiger partial charge in [-0.2, -0.15) is 0 Å². The molecule has 0 unspecified atom stereocenters. The van der Waals surface area contributed by atoms with E-state index in [9.17, 15) is 14.9 Å². The Morgan fingerprint density at radius 1 is 1.23 bits per heavy atom. The van der Waals surface area contributed by atoms with Crippen LogP contribution in [0.1, 0.15) is 24.5 Å². The number of allylic oxidation sites excluding steroid dienone is 1. The second kappa shape index (κ2) is 8.41. The standard InChI is InChI=1S/C22H18N2O4S2/c1-2-18-19(22(25)28-13-15-8-10-16(11-9-15)24(26)27)23-20(29)17(21(23)30-18)12-14-6-4-3-5-7-14/h3-12,21H,2,13H2,1H3/t21-/m0/s1. The molecule has 6 nitrogen and oxygen atoms in total. The smallest absolute Gasteiger partial charge is 0.356 e. The lowest BCUT2D eigenvalue weighted by Gasteiger charge is -2.40. The van der Waals surface area contributed by atoms with Crippen LogP contribution in [-0.4, -0.2) is 26.2 Å². The van der Waals surface area contributed by atoms with Crippen LogP contribution in [0.3, 0.4) is 0 Å². The van der Waals surface area contributed by atoms with Crippen LogP contribution in [0.4, 0.5) is 5.69 Å². The van der Waals surface area contributed by atoms with E-state index in [-0.39, 0.29) is 17.7 Å². The molecular formula is C22H18N2O4S2. The van der Waals surface area contributed by atoms with Gasteiger partial charge in [0.15, 0.2) is 0 Å². The number of nitrogens with zero attached hydrogens (tertiary/aromatic N) is 2. The first-order valence-corrected chi connectivity index (χ1v) is 10.7. The third-order valence-electron chi connectivity index (χ3n) is 4.88. The molecule has 0 bridgehead atoms. The number of fused-ring (bicyclic) bond motifs is 1. The molecule has 0 aromatic heterocycles. The van der Waals surface area contributed by atoms with E-state index in [4.69, 9.17) is 17.0 Å². The predicted octanol–water partition coefficient (Wildman–Crippen LogP) is 5.06. The maximum absolute atomic E-state index is 12.8. The van der Waals surface area contributed by atoms with E-state index in [2.05, 4.69) is 6.08 Å². The van der Waals surface area contributed by atoms with Gasteiger partial charge in [-0.1, -0.05) is 61.2 Å². The second-order valence-electron chi connectivity index (χ2n) is 6.78. The molecule has 0 N–H and O–H groups in total. The van der Waals surface area contributed by atoms with Gasteiger partial charge in [0.1, 0.15) is 22.7 Å². The number of nitro benzene ring substituents is 1. The highest BCUT2D eigenvalue weighted by atomic mass is 32.2. The zero-order valence-electron chi connectivity index (χ0n) is 16.1. The minimum Gasteiger partial charge on any atom is -0.456 e. The average molecular weight is 439 g/mol. The van der Waals surface area contributed by atoms with E-state index < -0.39 is 10.9 Å². The van der Waals surface area contributed by atoms with Crippen LogP contribution in [0.25, 0.3) is 6.08 Å². The van der Waals surface area contributed by atoms with Gasteiger partial charge in [-0.05, 0) is 35.8 Å². The second-order valence-corrected chi connectivity index (χ2v) is 8.34. The number of hydrogen-bond acceptors (Lipinski definition) is 6. The lowest BCUT2D eigenvalue weighted by molar-refractivity contribution is -0.384. The fourth-order valence-electron chi connectivity index (χ4n) is 3.34. The number of hydrogen-bond donors (Lipinski definition) is 0. The van der Waals surface area contributed by atoms with Gasteiger partial charge in [-0.15, -0.1) is 0 Å². The van der Waals surface area contributed by atoms with Crippen molar-refractivity contribution in [2.75, 3.05) is 0 Å². The minimum absolute atomic E-state index is 0.000232. The summed E-state index contributed by atoms with van der Waals surface area (Å²) >= 11 is 7.22. The highest BCUT2D eigenvalue weighted by Gasteiger charge is 2.49. The van der Waals surface area contributed by atoms with Gasteiger partial charge < -0.3 is 9.64 Å². The minimum atomic E-state index is -0.463. The first-order valence-electron chi connectivity index (χ1n) is 9.40. The Hall–Kier alpha value is -2.97. The Balaban J connectivity index is 1.47. The van der Waals surface area contributed by atoms with Gasteiger partial charge in [-0.25, -0.2) is 4.79 Å². The maximum Gasteiger partial charge on any atom is 0.356 e. The molecule has 2 aliphatic heterocycles. The summed E-state index contributed by atoms with van der Waals surface area (Å²) in [6.45, 7) is 2.04. The molecule has 2 aromatic carbocycles. The number of thiocarbonyl (C=S) groups is 1. The first-order chi connectivity index (χ1) is 14.5. The zero-order valence-corrected chi connectivity index (χ0v) is 17.7. The van der Waals surface area contributed by atoms with Crippen molar-refractivity contribution in [1.29, 1.82) is 0 Å². The molecule has 0 amide bonds. The number of ether oxygens (including phenoxy) is 1. The molecule has 0 radical (unpaired) electrons. The molecule has 2 aromatic rings. The monoisotopic (exact) mass is 438 g/mol. The molecule has 8 heteroatoms. The number of thioether (sulfide) groups is 1. The number of nitro groups is 1. The quantitative estimate of drug-likeness (QED) is 0.205. The highest BCUT2D eigenvalue weighted by Crippen LogP contribution is 2.51. The van der Waals surface area contributed by atoms with Crippen molar-refractivity contribution in [3.8, 4) is 0 Å². The fourth-order valence-corrected chi connectivity index (χ4v) is 5.20. The van der Waals surface area contributed by atoms with Crippen LogP contribution in [0.2, 0.25) is 0 Å². The van der Waals surface area contributed by atoms with Gasteiger partial charge in [0, 0.05) is 22.6 Å². The summed E-state index contributed by atoms with van der Waals surface area (Å²) in [5.74, 6) is -0.429. The Morgan fingerprint density at radius 3 is 2.57 bits per heavy atom. The van der Waals surface area contributed by atoms with E-state index in [1.165, 1.54) is 12.1 Å². The van der Waals surface area contributed by atoms with Crippen LogP contribution in [0, 0.1) is 10.1 Å². The Labute approximate surface area is 183 Å². The van der Waals surface area contributed by atoms with Crippen LogP contribution in [0.15, 0.2) is 70.8 Å². The van der Waals surface area contributed by atoms with Gasteiger partial charge in [-0.3, -0.25) is 10.1 Å². The van der Waals surface area contributed by atoms with E-state index >= 15 is 0 Å². The number of carbonyl (C=O) groups excluding carboxylic acids is 1. The Bertz CT molecular complexity index is 1080. The molecular weight excluding hydrogens is 420 g/mol. The lowest BCUT2D eigenvalue weighted by Crippen LogP contribution is -2.50. The van der Waals surface area contributed by atoms with Crippen molar-refractivity contribution in [1.82, 2.24) is 4.90 Å². The third kappa shape index (κ3) is 3.76. The summed E-state index contributed by atoms with van der Waals surface area (Å²) in [6, 6.07) is 15.9. The summed E-state index contributed by atoms with van der Waals surface area (Å²) in [6.07, 6.45) is 2.77. The number of benzene rings is 2. The molecule has 1 atom stereocenters. The number of rotatable bonds is 6. The van der Waals surface area contributed by atoms with Crippen molar-refractivity contribution in [3.63, 3.8) is 0 Å². The molecule has 0 spiro atoms. The lowest BCUT2D eigenvalue weighted by atomic mass is 10.0. The van der Waals surface area contributed by atoms with Gasteiger partial charge in [0.05, 0.1) is 4.92 Å². The summed E-state index contributed by atoms with van der Waals surface area (Å²) < 4.78 is 5.50. The van der Waals surface area contributed by atoms with Crippen molar-refractivity contribution in [3.05, 3.63) is 92.0 Å². The van der Waals surface area contributed by atoms with Crippen molar-refractivity contribution >= 4 is 46.7 Å². The summed E-state index contributed by atoms with van der Waals surface area (Å²) in [5.41, 5.74) is 3.29. The zero-order chi connectivity index (χ0) is 21.3. The van der Waals surface area contributed by atoms with Crippen LogP contribution in [0.5, 0.6) is 0 Å². The molecule has 1 saturated heterocycles. The van der Waals surface area contributed by atoms with Gasteiger partial charge in [0.2, 0.25) is 0 Å². The maximum atomic E-state index is 12.8. The molecule has 1 fully saturated rings. The van der Waals surface area contributed by atoms with E-state index in [1.54, 1.807) is 23.9 Å². The Morgan fingerprint density at radius 2 is 1.93 bits per heavy atom. The van der Waals surface area contributed by atoms with Crippen LogP contribution in [-0.2, 0) is 16.1 Å². The number of non-ortho nitro benzene ring substituents is 1. The largest absolute Gasteiger partial charge is 0.456 e. The SMILES string of the molecule is CCC1=C(C(=O)OCc2ccc([N+](=O)[O-])cc2)N2C(=S)C(=Cc3ccccc3)[C@@H]2S1. The van der Waals surface area contributed by atoms with Gasteiger partial charge >= 0.3 is 5.97 Å². The molecule has 2 heterocycles. The molecule has 30 heavy (non-hydrogen) atoms. The molecule has 4 rings (SSSR count). The molecule has 0 saturated carbocycles. The first kappa shape index (κ1) is 20.3. The van der Waals surface area contributed by atoms with Crippen molar-refractivity contribution < 1.29 is 14.5 Å². The average Bonchev–Trinajstić information content (AvgIpc) is 3.12. The third-order valence-corrected chi connectivity index (χ3v) is 6.77. The summed E-state index contributed by atoms with van der Waals surface area (Å²) in [7, 11) is 0. The number of carbonyl (C=O) groups is 1. The van der Waals surface area contributed by atoms with Gasteiger partial charge in [0.25, 0.3) is 5.69 Å². The molecule has 2 aliphatic rings. The summed E-state index contributed by atoms with van der Waals surface area (Å²) in [4.78, 5) is 26.6. The van der Waals surface area contributed by atoms with Crippen LogP contribution < -0.4 is 0 Å².